The number of hydrogen-bond donors (Lipinski definition) is 1. The highest BCUT2D eigenvalue weighted by Crippen LogP contribution is 2.28. The maximum absolute atomic E-state index is 10.7. The Morgan fingerprint density at radius 3 is 2.28 bits per heavy atom. The number of anilines is 1. The van der Waals surface area contributed by atoms with Gasteiger partial charge < -0.3 is 19.2 Å². The van der Waals surface area contributed by atoms with E-state index in [0.29, 0.717) is 25.6 Å². The van der Waals surface area contributed by atoms with Gasteiger partial charge in [0.15, 0.2) is 0 Å². The van der Waals surface area contributed by atoms with Crippen molar-refractivity contribution in [1.29, 1.82) is 0 Å². The van der Waals surface area contributed by atoms with Crippen molar-refractivity contribution < 1.29 is 19.1 Å². The van der Waals surface area contributed by atoms with Crippen molar-refractivity contribution in [3.63, 3.8) is 0 Å². The van der Waals surface area contributed by atoms with Gasteiger partial charge in [0.05, 0.1) is 0 Å². The topological polar surface area (TPSA) is 75.8 Å². The Morgan fingerprint density at radius 1 is 0.944 bits per heavy atom. The normalized spacial score (nSPS) is 10.8. The number of aryl methyl sites for hydroxylation is 2. The Bertz CT molecular complexity index is 1250. The van der Waals surface area contributed by atoms with E-state index in [0.717, 1.165) is 46.9 Å². The fourth-order valence-corrected chi connectivity index (χ4v) is 4.03. The highest BCUT2D eigenvalue weighted by Gasteiger charge is 2.17. The smallest absolute Gasteiger partial charge is 0.303 e. The summed E-state index contributed by atoms with van der Waals surface area (Å²) in [4.78, 5) is 17.7. The Morgan fingerprint density at radius 2 is 1.61 bits per heavy atom. The Balaban J connectivity index is 1.36. The molecule has 0 bridgehead atoms. The van der Waals surface area contributed by atoms with E-state index in [9.17, 15) is 4.79 Å². The van der Waals surface area contributed by atoms with Crippen LogP contribution in [0.5, 0.6) is 5.75 Å². The van der Waals surface area contributed by atoms with Gasteiger partial charge in [-0.25, -0.2) is 0 Å². The van der Waals surface area contributed by atoms with Crippen molar-refractivity contribution in [3.05, 3.63) is 101 Å². The van der Waals surface area contributed by atoms with Gasteiger partial charge in [0, 0.05) is 25.1 Å². The molecule has 3 aromatic carbocycles. The molecule has 1 heterocycles. The lowest BCUT2D eigenvalue weighted by Crippen LogP contribution is -2.23. The zero-order chi connectivity index (χ0) is 25.3. The lowest BCUT2D eigenvalue weighted by molar-refractivity contribution is -0.136. The number of oxazole rings is 1. The van der Waals surface area contributed by atoms with Gasteiger partial charge in [0.1, 0.15) is 23.8 Å². The minimum atomic E-state index is -0.788. The highest BCUT2D eigenvalue weighted by atomic mass is 16.5. The van der Waals surface area contributed by atoms with Crippen LogP contribution in [-0.2, 0) is 24.4 Å². The standard InChI is InChI=1S/C30H32N2O4/c1-3-19-32(30-31-29(22(2)36-30)26-7-5-4-6-8-26)20-24-9-11-25(12-10-24)21-35-27-16-13-23(14-17-27)15-18-28(33)34/h4-14,16-17H,3,15,18-21H2,1-2H3,(H,33,34). The van der Waals surface area contributed by atoms with Crippen molar-refractivity contribution in [2.24, 2.45) is 0 Å². The first-order valence-corrected chi connectivity index (χ1v) is 12.3. The van der Waals surface area contributed by atoms with E-state index in [1.54, 1.807) is 0 Å². The van der Waals surface area contributed by atoms with Crippen LogP contribution in [0.3, 0.4) is 0 Å². The predicted molar refractivity (Wildman–Crippen MR) is 141 cm³/mol. The first-order chi connectivity index (χ1) is 17.5. The van der Waals surface area contributed by atoms with Crippen LogP contribution in [0.15, 0.2) is 83.3 Å². The molecule has 6 nitrogen and oxygen atoms in total. The van der Waals surface area contributed by atoms with Crippen LogP contribution in [0, 0.1) is 6.92 Å². The molecule has 0 saturated heterocycles. The van der Waals surface area contributed by atoms with Gasteiger partial charge in [0.2, 0.25) is 0 Å². The number of carbonyl (C=O) groups is 1. The molecule has 0 amide bonds. The van der Waals surface area contributed by atoms with Gasteiger partial charge in [-0.2, -0.15) is 4.98 Å². The lowest BCUT2D eigenvalue weighted by Gasteiger charge is -2.20. The fraction of sp³-hybridized carbons (Fsp3) is 0.267. The van der Waals surface area contributed by atoms with Gasteiger partial charge in [-0.1, -0.05) is 73.7 Å². The third kappa shape index (κ3) is 6.75. The Labute approximate surface area is 212 Å². The summed E-state index contributed by atoms with van der Waals surface area (Å²) < 4.78 is 12.0. The van der Waals surface area contributed by atoms with E-state index in [1.165, 1.54) is 5.56 Å². The van der Waals surface area contributed by atoms with Crippen LogP contribution >= 0.6 is 0 Å². The number of carboxylic acid groups (broad SMARTS) is 1. The van der Waals surface area contributed by atoms with E-state index in [1.807, 2.05) is 61.5 Å². The molecule has 0 unspecified atom stereocenters. The second-order valence-corrected chi connectivity index (χ2v) is 8.83. The van der Waals surface area contributed by atoms with Crippen molar-refractivity contribution in [3.8, 4) is 17.0 Å². The van der Waals surface area contributed by atoms with Crippen molar-refractivity contribution in [2.45, 2.75) is 46.3 Å². The molecule has 6 heteroatoms. The van der Waals surface area contributed by atoms with Crippen molar-refractivity contribution >= 4 is 12.0 Å². The van der Waals surface area contributed by atoms with E-state index < -0.39 is 5.97 Å². The fourth-order valence-electron chi connectivity index (χ4n) is 4.03. The number of rotatable bonds is 12. The predicted octanol–water partition coefficient (Wildman–Crippen LogP) is 6.66. The van der Waals surface area contributed by atoms with E-state index >= 15 is 0 Å². The molecule has 36 heavy (non-hydrogen) atoms. The Kier molecular flexibility index (Phi) is 8.40. The molecule has 0 saturated carbocycles. The SMILES string of the molecule is CCCN(Cc1ccc(COc2ccc(CCC(=O)O)cc2)cc1)c1nc(-c2ccccc2)c(C)o1. The molecule has 0 atom stereocenters. The molecule has 0 spiro atoms. The molecule has 0 aliphatic heterocycles. The number of aromatic nitrogens is 1. The summed E-state index contributed by atoms with van der Waals surface area (Å²) in [5, 5.41) is 8.81. The quantitative estimate of drug-likeness (QED) is 0.242. The Hall–Kier alpha value is -4.06. The zero-order valence-corrected chi connectivity index (χ0v) is 20.8. The molecule has 4 aromatic rings. The minimum absolute atomic E-state index is 0.131. The zero-order valence-electron chi connectivity index (χ0n) is 20.8. The summed E-state index contributed by atoms with van der Waals surface area (Å²) in [7, 11) is 0. The number of ether oxygens (including phenoxy) is 1. The van der Waals surface area contributed by atoms with Gasteiger partial charge >= 0.3 is 5.97 Å². The molecule has 186 valence electrons. The van der Waals surface area contributed by atoms with Crippen LogP contribution in [0.1, 0.15) is 42.2 Å². The van der Waals surface area contributed by atoms with E-state index in [4.69, 9.17) is 19.2 Å². The lowest BCUT2D eigenvalue weighted by atomic mass is 10.1. The molecule has 0 fully saturated rings. The average Bonchev–Trinajstić information content (AvgIpc) is 3.29. The van der Waals surface area contributed by atoms with Crippen molar-refractivity contribution in [1.82, 2.24) is 4.98 Å². The molecule has 4 rings (SSSR count). The second kappa shape index (κ2) is 12.1. The summed E-state index contributed by atoms with van der Waals surface area (Å²) in [5.74, 6) is 0.796. The third-order valence-corrected chi connectivity index (χ3v) is 5.95. The van der Waals surface area contributed by atoms with Crippen LogP contribution in [0.25, 0.3) is 11.3 Å². The van der Waals surface area contributed by atoms with Crippen LogP contribution < -0.4 is 9.64 Å². The first-order valence-electron chi connectivity index (χ1n) is 12.3. The number of hydrogen-bond acceptors (Lipinski definition) is 5. The number of nitrogens with zero attached hydrogens (tertiary/aromatic N) is 2. The molecule has 1 N–H and O–H groups in total. The largest absolute Gasteiger partial charge is 0.489 e. The van der Waals surface area contributed by atoms with Crippen LogP contribution in [0.4, 0.5) is 6.01 Å². The molecule has 0 aliphatic rings. The average molecular weight is 485 g/mol. The summed E-state index contributed by atoms with van der Waals surface area (Å²) in [6, 6.07) is 26.8. The summed E-state index contributed by atoms with van der Waals surface area (Å²) in [5.41, 5.74) is 5.18. The molecule has 1 aromatic heterocycles. The number of aliphatic carboxylic acids is 1. The van der Waals surface area contributed by atoms with E-state index in [-0.39, 0.29) is 6.42 Å². The second-order valence-electron chi connectivity index (χ2n) is 8.83. The number of carboxylic acids is 1. The third-order valence-electron chi connectivity index (χ3n) is 5.95. The minimum Gasteiger partial charge on any atom is -0.489 e. The van der Waals surface area contributed by atoms with Gasteiger partial charge in [0.25, 0.3) is 6.01 Å². The first kappa shape index (κ1) is 25.0. The van der Waals surface area contributed by atoms with Crippen LogP contribution in [-0.4, -0.2) is 22.6 Å². The molecular weight excluding hydrogens is 452 g/mol. The van der Waals surface area contributed by atoms with Crippen molar-refractivity contribution in [2.75, 3.05) is 11.4 Å². The van der Waals surface area contributed by atoms with Gasteiger partial charge in [-0.05, 0) is 48.6 Å². The summed E-state index contributed by atoms with van der Waals surface area (Å²) in [6.07, 6.45) is 1.64. The maximum Gasteiger partial charge on any atom is 0.303 e. The summed E-state index contributed by atoms with van der Waals surface area (Å²) in [6.45, 7) is 6.14. The molecular formula is C30H32N2O4. The molecule has 0 aliphatic carbocycles. The highest BCUT2D eigenvalue weighted by molar-refractivity contribution is 5.67. The van der Waals surface area contributed by atoms with E-state index in [2.05, 4.69) is 36.1 Å². The molecule has 0 radical (unpaired) electrons. The monoisotopic (exact) mass is 484 g/mol. The summed E-state index contributed by atoms with van der Waals surface area (Å²) >= 11 is 0. The number of benzene rings is 3. The van der Waals surface area contributed by atoms with Gasteiger partial charge in [-0.15, -0.1) is 0 Å². The van der Waals surface area contributed by atoms with Crippen LogP contribution in [0.2, 0.25) is 0 Å². The maximum atomic E-state index is 10.7. The van der Waals surface area contributed by atoms with Gasteiger partial charge in [-0.3, -0.25) is 4.79 Å².